The van der Waals surface area contributed by atoms with Gasteiger partial charge >= 0.3 is 0 Å². The summed E-state index contributed by atoms with van der Waals surface area (Å²) in [6.07, 6.45) is 4.82. The Kier molecular flexibility index (Phi) is 5.67. The normalized spacial score (nSPS) is 20.4. The molecule has 1 aliphatic heterocycles. The molecule has 1 saturated heterocycles. The van der Waals surface area contributed by atoms with Gasteiger partial charge in [0.2, 0.25) is 0 Å². The van der Waals surface area contributed by atoms with Crippen LogP contribution >= 0.6 is 11.6 Å². The quantitative estimate of drug-likeness (QED) is 0.413. The molecule has 11 heteroatoms. The molecular weight excluding hydrogens is 478 g/mol. The van der Waals surface area contributed by atoms with Gasteiger partial charge in [-0.3, -0.25) is 9.48 Å². The lowest BCUT2D eigenvalue weighted by molar-refractivity contribution is 0.0951. The molecule has 3 aromatic heterocycles. The number of nitrogens with one attached hydrogen (secondary N) is 1. The SMILES string of the molecule is Cc1nc(N2C[C@@H]3[C@@H](C)[C@@H]3C2)ccc1Cn1cc(C(=O)NCc2cc(Cl)ccc2-n2cnnn2)cn1. The zero-order valence-electron chi connectivity index (χ0n) is 20.0. The van der Waals surface area contributed by atoms with E-state index < -0.39 is 0 Å². The van der Waals surface area contributed by atoms with E-state index in [1.807, 2.05) is 13.0 Å². The van der Waals surface area contributed by atoms with Crippen molar-refractivity contribution in [2.75, 3.05) is 18.0 Å². The maximum atomic E-state index is 12.8. The number of carbonyl (C=O) groups is 1. The maximum absolute atomic E-state index is 12.8. The van der Waals surface area contributed by atoms with Gasteiger partial charge in [0.15, 0.2) is 0 Å². The maximum Gasteiger partial charge on any atom is 0.254 e. The van der Waals surface area contributed by atoms with E-state index in [0.717, 1.165) is 59.2 Å². The van der Waals surface area contributed by atoms with Crippen LogP contribution in [0.25, 0.3) is 5.69 Å². The molecule has 0 unspecified atom stereocenters. The van der Waals surface area contributed by atoms with E-state index in [2.05, 4.69) is 49.9 Å². The molecule has 36 heavy (non-hydrogen) atoms. The van der Waals surface area contributed by atoms with Crippen LogP contribution in [-0.4, -0.2) is 54.0 Å². The number of fused-ring (bicyclic) bond motifs is 1. The van der Waals surface area contributed by atoms with Gasteiger partial charge in [0.1, 0.15) is 12.1 Å². The van der Waals surface area contributed by atoms with Gasteiger partial charge in [0.25, 0.3) is 5.91 Å². The summed E-state index contributed by atoms with van der Waals surface area (Å²) >= 11 is 6.17. The van der Waals surface area contributed by atoms with Crippen molar-refractivity contribution >= 4 is 23.3 Å². The molecule has 0 spiro atoms. The van der Waals surface area contributed by atoms with Crippen molar-refractivity contribution in [2.45, 2.75) is 26.9 Å². The first-order chi connectivity index (χ1) is 17.5. The minimum atomic E-state index is -0.226. The first kappa shape index (κ1) is 22.7. The van der Waals surface area contributed by atoms with Crippen molar-refractivity contribution in [3.63, 3.8) is 0 Å². The Bertz CT molecular complexity index is 1400. The van der Waals surface area contributed by atoms with Crippen LogP contribution in [0.5, 0.6) is 0 Å². The molecule has 4 heterocycles. The Balaban J connectivity index is 1.09. The Morgan fingerprint density at radius 3 is 2.75 bits per heavy atom. The second kappa shape index (κ2) is 9.02. The second-order valence-corrected chi connectivity index (χ2v) is 10.1. The van der Waals surface area contributed by atoms with E-state index in [1.54, 1.807) is 29.2 Å². The van der Waals surface area contributed by atoms with Crippen LogP contribution in [-0.2, 0) is 13.1 Å². The van der Waals surface area contributed by atoms with Gasteiger partial charge in [-0.15, -0.1) is 5.10 Å². The molecule has 3 atom stereocenters. The van der Waals surface area contributed by atoms with Crippen molar-refractivity contribution in [3.8, 4) is 5.69 Å². The van der Waals surface area contributed by atoms with Crippen molar-refractivity contribution in [1.82, 2.24) is 40.3 Å². The third-order valence-corrected chi connectivity index (χ3v) is 7.67. The fraction of sp³-hybridized carbons (Fsp3) is 0.360. The molecule has 0 radical (unpaired) electrons. The van der Waals surface area contributed by atoms with Crippen LogP contribution < -0.4 is 10.2 Å². The number of hydrogen-bond acceptors (Lipinski definition) is 7. The van der Waals surface area contributed by atoms with Crippen LogP contribution in [0.2, 0.25) is 5.02 Å². The van der Waals surface area contributed by atoms with Crippen LogP contribution in [0.3, 0.4) is 0 Å². The summed E-state index contributed by atoms with van der Waals surface area (Å²) in [5.41, 5.74) is 4.08. The lowest BCUT2D eigenvalue weighted by atomic mass is 10.1. The molecule has 0 bridgehead atoms. The Morgan fingerprint density at radius 1 is 1.17 bits per heavy atom. The lowest BCUT2D eigenvalue weighted by Gasteiger charge is -2.21. The molecule has 2 aliphatic rings. The molecule has 1 saturated carbocycles. The number of hydrogen-bond donors (Lipinski definition) is 1. The van der Waals surface area contributed by atoms with Crippen LogP contribution in [0.15, 0.2) is 49.1 Å². The zero-order chi connectivity index (χ0) is 24.8. The third kappa shape index (κ3) is 4.32. The van der Waals surface area contributed by atoms with E-state index in [4.69, 9.17) is 16.6 Å². The van der Waals surface area contributed by atoms with Crippen molar-refractivity contribution < 1.29 is 4.79 Å². The van der Waals surface area contributed by atoms with Gasteiger partial charge in [-0.1, -0.05) is 24.6 Å². The number of benzene rings is 1. The number of tetrazole rings is 1. The highest BCUT2D eigenvalue weighted by Gasteiger charge is 2.52. The molecule has 1 aromatic carbocycles. The van der Waals surface area contributed by atoms with Gasteiger partial charge < -0.3 is 10.2 Å². The van der Waals surface area contributed by atoms with Crippen LogP contribution in [0.4, 0.5) is 5.82 Å². The van der Waals surface area contributed by atoms with Gasteiger partial charge in [0, 0.05) is 36.5 Å². The zero-order valence-corrected chi connectivity index (χ0v) is 20.8. The minimum absolute atomic E-state index is 0.226. The molecule has 1 amide bonds. The molecule has 6 rings (SSSR count). The molecular formula is C25H26ClN9O. The third-order valence-electron chi connectivity index (χ3n) is 7.43. The van der Waals surface area contributed by atoms with E-state index in [1.165, 1.54) is 11.0 Å². The first-order valence-electron chi connectivity index (χ1n) is 12.0. The number of carbonyl (C=O) groups excluding carboxylic acids is 1. The summed E-state index contributed by atoms with van der Waals surface area (Å²) in [5, 5.41) is 19.2. The topological polar surface area (TPSA) is 107 Å². The average Bonchev–Trinajstić information content (AvgIpc) is 3.44. The standard InChI is InChI=1S/C25H26ClN9O/c1-15-21-12-33(13-22(15)21)24-6-3-17(16(2)30-24)10-34-11-19(9-29-34)25(36)27-8-18-7-20(26)4-5-23(18)35-14-28-31-32-35/h3-7,9,11,14-15,21-22H,8,10,12-13H2,1-2H3,(H,27,36)/t15-,21-,22+. The Labute approximate surface area is 213 Å². The molecule has 10 nitrogen and oxygen atoms in total. The molecule has 184 valence electrons. The van der Waals surface area contributed by atoms with Crippen molar-refractivity contribution in [2.24, 2.45) is 17.8 Å². The molecule has 1 aliphatic carbocycles. The summed E-state index contributed by atoms with van der Waals surface area (Å²) in [7, 11) is 0. The number of anilines is 1. The van der Waals surface area contributed by atoms with Crippen LogP contribution in [0, 0.1) is 24.7 Å². The average molecular weight is 504 g/mol. The number of halogens is 1. The number of pyridine rings is 1. The number of aryl methyl sites for hydroxylation is 1. The van der Waals surface area contributed by atoms with Gasteiger partial charge in [-0.25, -0.2) is 9.67 Å². The Morgan fingerprint density at radius 2 is 2.00 bits per heavy atom. The summed E-state index contributed by atoms with van der Waals surface area (Å²) < 4.78 is 3.29. The summed E-state index contributed by atoms with van der Waals surface area (Å²) in [5.74, 6) is 3.37. The number of piperidine rings is 1. The summed E-state index contributed by atoms with van der Waals surface area (Å²) in [4.78, 5) is 20.1. The van der Waals surface area contributed by atoms with E-state index >= 15 is 0 Å². The minimum Gasteiger partial charge on any atom is -0.356 e. The second-order valence-electron chi connectivity index (χ2n) is 9.64. The lowest BCUT2D eigenvalue weighted by Crippen LogP contribution is -2.24. The first-order valence-corrected chi connectivity index (χ1v) is 12.4. The fourth-order valence-corrected chi connectivity index (χ4v) is 5.34. The van der Waals surface area contributed by atoms with Gasteiger partial charge in [0.05, 0.1) is 24.0 Å². The largest absolute Gasteiger partial charge is 0.356 e. The number of amides is 1. The number of nitrogens with zero attached hydrogens (tertiary/aromatic N) is 8. The highest BCUT2D eigenvalue weighted by atomic mass is 35.5. The van der Waals surface area contributed by atoms with Gasteiger partial charge in [-0.2, -0.15) is 5.10 Å². The van der Waals surface area contributed by atoms with E-state index in [0.29, 0.717) is 17.1 Å². The van der Waals surface area contributed by atoms with E-state index in [9.17, 15) is 4.79 Å². The predicted molar refractivity (Wildman–Crippen MR) is 134 cm³/mol. The van der Waals surface area contributed by atoms with Crippen molar-refractivity contribution in [1.29, 1.82) is 0 Å². The highest BCUT2D eigenvalue weighted by Crippen LogP contribution is 2.51. The molecule has 1 N–H and O–H groups in total. The Hall–Kier alpha value is -3.79. The summed E-state index contributed by atoms with van der Waals surface area (Å²) in [6.45, 7) is 7.41. The predicted octanol–water partition coefficient (Wildman–Crippen LogP) is 2.90. The molecule has 4 aromatic rings. The monoisotopic (exact) mass is 503 g/mol. The summed E-state index contributed by atoms with van der Waals surface area (Å²) in [6, 6.07) is 9.57. The highest BCUT2D eigenvalue weighted by molar-refractivity contribution is 6.30. The van der Waals surface area contributed by atoms with Crippen molar-refractivity contribution in [3.05, 3.63) is 76.5 Å². The molecule has 2 fully saturated rings. The van der Waals surface area contributed by atoms with E-state index in [-0.39, 0.29) is 12.5 Å². The smallest absolute Gasteiger partial charge is 0.254 e. The number of rotatable bonds is 7. The number of aromatic nitrogens is 7. The van der Waals surface area contributed by atoms with Crippen LogP contribution in [0.1, 0.15) is 34.1 Å². The van der Waals surface area contributed by atoms with Gasteiger partial charge in [-0.05, 0) is 70.5 Å². The fourth-order valence-electron chi connectivity index (χ4n) is 5.14.